The third kappa shape index (κ3) is 4.12. The summed E-state index contributed by atoms with van der Waals surface area (Å²) in [6.45, 7) is 0.457. The number of carbonyl (C=O) groups excluding carboxylic acids is 1. The fourth-order valence-electron chi connectivity index (χ4n) is 2.96. The molecule has 2 aromatic carbocycles. The van der Waals surface area contributed by atoms with E-state index in [1.807, 2.05) is 24.3 Å². The largest absolute Gasteiger partial charge is 0.414 e. The molecule has 0 spiro atoms. The Kier molecular flexibility index (Phi) is 5.42. The summed E-state index contributed by atoms with van der Waals surface area (Å²) in [5.41, 5.74) is 15.6. The lowest BCUT2D eigenvalue weighted by atomic mass is 10.1. The molecule has 0 bridgehead atoms. The first kappa shape index (κ1) is 20.2. The van der Waals surface area contributed by atoms with Crippen molar-refractivity contribution in [2.45, 2.75) is 6.54 Å². The Morgan fingerprint density at radius 2 is 1.65 bits per heavy atom. The average Bonchev–Trinajstić information content (AvgIpc) is 3.29. The minimum atomic E-state index is -0.0754. The summed E-state index contributed by atoms with van der Waals surface area (Å²) in [5.74, 6) is 0.617. The Bertz CT molecular complexity index is 1230. The van der Waals surface area contributed by atoms with Crippen molar-refractivity contribution in [3.63, 3.8) is 0 Å². The second-order valence-electron chi connectivity index (χ2n) is 7.08. The topological polar surface area (TPSA) is 137 Å². The predicted octanol–water partition coefficient (Wildman–Crippen LogP) is 3.59. The van der Waals surface area contributed by atoms with E-state index in [1.54, 1.807) is 44.6 Å². The molecule has 0 aliphatic heterocycles. The number of aromatic nitrogens is 4. The highest BCUT2D eigenvalue weighted by atomic mass is 16.4. The molecule has 0 fully saturated rings. The zero-order valence-electron chi connectivity index (χ0n) is 17.1. The zero-order chi connectivity index (χ0) is 22.0. The van der Waals surface area contributed by atoms with Crippen LogP contribution in [0.2, 0.25) is 0 Å². The van der Waals surface area contributed by atoms with Crippen LogP contribution in [0.1, 0.15) is 21.6 Å². The minimum absolute atomic E-state index is 0. The van der Waals surface area contributed by atoms with Crippen LogP contribution in [0.3, 0.4) is 0 Å². The van der Waals surface area contributed by atoms with Crippen molar-refractivity contribution in [2.24, 2.45) is 5.73 Å². The van der Waals surface area contributed by atoms with Crippen molar-refractivity contribution in [3.8, 4) is 34.3 Å². The van der Waals surface area contributed by atoms with Crippen molar-refractivity contribution in [3.05, 3.63) is 65.9 Å². The number of nitrogens with zero attached hydrogens (tertiary/aromatic N) is 5. The van der Waals surface area contributed by atoms with Gasteiger partial charge in [0.25, 0.3) is 11.8 Å². The summed E-state index contributed by atoms with van der Waals surface area (Å²) >= 11 is 0. The van der Waals surface area contributed by atoms with Crippen LogP contribution in [0.15, 0.2) is 59.1 Å². The monoisotopic (exact) mass is 423 g/mol. The average molecular weight is 424 g/mol. The number of rotatable bonds is 5. The highest BCUT2D eigenvalue weighted by Gasteiger charge is 2.17. The molecule has 4 rings (SSSR count). The van der Waals surface area contributed by atoms with Gasteiger partial charge in [0, 0.05) is 43.0 Å². The van der Waals surface area contributed by atoms with Crippen LogP contribution in [-0.2, 0) is 6.54 Å². The number of hydrogen-bond donors (Lipinski definition) is 2. The summed E-state index contributed by atoms with van der Waals surface area (Å²) in [6, 6.07) is 14.6. The fraction of sp³-hybridized carbons (Fsp3) is 0.136. The molecule has 9 heteroatoms. The maximum Gasteiger partial charge on any atom is 0.270 e. The van der Waals surface area contributed by atoms with E-state index in [4.69, 9.17) is 15.9 Å². The molecule has 9 nitrogen and oxygen atoms in total. The van der Waals surface area contributed by atoms with Crippen molar-refractivity contribution < 1.29 is 14.9 Å². The predicted molar refractivity (Wildman–Crippen MR) is 125 cm³/mol. The standard InChI is InChI=1S/C22H21N7O2.4H2/c1-29(2)22(30)16-9-7-14(8-10-16)17-12-25-19(24)18(26-17)21-28-27-20(31-21)15-5-3-13(11-23)4-6-15;;;;/h3-10,12H,11,23H2,1-2H3,(H2,24,25);4*1H. The smallest absolute Gasteiger partial charge is 0.270 e. The number of nitrogen functional groups attached to an aromatic ring is 1. The van der Waals surface area contributed by atoms with Crippen LogP contribution in [-0.4, -0.2) is 45.1 Å². The first-order valence-electron chi connectivity index (χ1n) is 9.54. The highest BCUT2D eigenvalue weighted by molar-refractivity contribution is 5.94. The maximum atomic E-state index is 12.1. The van der Waals surface area contributed by atoms with Gasteiger partial charge in [-0.2, -0.15) is 0 Å². The molecule has 0 atom stereocenters. The molecule has 0 unspecified atom stereocenters. The number of nitrogens with two attached hydrogens (primary N) is 2. The van der Waals surface area contributed by atoms with Gasteiger partial charge in [0.2, 0.25) is 5.89 Å². The molecule has 0 saturated carbocycles. The minimum Gasteiger partial charge on any atom is -0.414 e. The van der Waals surface area contributed by atoms with E-state index in [9.17, 15) is 4.79 Å². The first-order valence-corrected chi connectivity index (χ1v) is 9.54. The number of benzene rings is 2. The number of hydrogen-bond acceptors (Lipinski definition) is 8. The van der Waals surface area contributed by atoms with Gasteiger partial charge in [-0.1, -0.05) is 24.3 Å². The van der Waals surface area contributed by atoms with Crippen molar-refractivity contribution in [1.82, 2.24) is 25.1 Å². The molecule has 4 aromatic rings. The van der Waals surface area contributed by atoms with Crippen molar-refractivity contribution >= 4 is 11.7 Å². The van der Waals surface area contributed by atoms with Gasteiger partial charge in [-0.3, -0.25) is 4.79 Å². The molecular formula is C22H29N7O2. The number of anilines is 1. The lowest BCUT2D eigenvalue weighted by Crippen LogP contribution is -2.21. The lowest BCUT2D eigenvalue weighted by Gasteiger charge is -2.10. The van der Waals surface area contributed by atoms with Crippen LogP contribution in [0.25, 0.3) is 34.3 Å². The Morgan fingerprint density at radius 3 is 2.29 bits per heavy atom. The van der Waals surface area contributed by atoms with Gasteiger partial charge < -0.3 is 20.8 Å². The Labute approximate surface area is 184 Å². The fourth-order valence-corrected chi connectivity index (χ4v) is 2.96. The van der Waals surface area contributed by atoms with Gasteiger partial charge >= 0.3 is 0 Å². The molecule has 2 aromatic heterocycles. The van der Waals surface area contributed by atoms with Gasteiger partial charge in [-0.25, -0.2) is 9.97 Å². The summed E-state index contributed by atoms with van der Waals surface area (Å²) < 4.78 is 5.79. The van der Waals surface area contributed by atoms with Crippen molar-refractivity contribution in [1.29, 1.82) is 0 Å². The summed E-state index contributed by atoms with van der Waals surface area (Å²) in [5, 5.41) is 8.18. The van der Waals surface area contributed by atoms with Crippen LogP contribution in [0, 0.1) is 0 Å². The number of carbonyl (C=O) groups is 1. The highest BCUT2D eigenvalue weighted by Crippen LogP contribution is 2.28. The first-order chi connectivity index (χ1) is 15.0. The molecule has 164 valence electrons. The molecule has 2 heterocycles. The van der Waals surface area contributed by atoms with Gasteiger partial charge in [0.1, 0.15) is 0 Å². The van der Waals surface area contributed by atoms with Gasteiger partial charge in [0.05, 0.1) is 11.9 Å². The third-order valence-electron chi connectivity index (χ3n) is 4.70. The quantitative estimate of drug-likeness (QED) is 0.497. The van der Waals surface area contributed by atoms with Crippen LogP contribution >= 0.6 is 0 Å². The maximum absolute atomic E-state index is 12.1. The van der Waals surface area contributed by atoms with Gasteiger partial charge in [-0.05, 0) is 29.8 Å². The van der Waals surface area contributed by atoms with E-state index >= 15 is 0 Å². The Balaban J connectivity index is 0.00000289. The SMILES string of the molecule is CN(C)C(=O)c1ccc(-c2cnc(N)c(-c3nnc(-c4ccc(CN)cc4)o3)n2)cc1.[HH].[HH].[HH].[HH]. The van der Waals surface area contributed by atoms with Gasteiger partial charge in [0.15, 0.2) is 11.5 Å². The molecule has 4 N–H and O–H groups in total. The Morgan fingerprint density at radius 1 is 1.00 bits per heavy atom. The molecule has 1 amide bonds. The lowest BCUT2D eigenvalue weighted by molar-refractivity contribution is 0.0827. The molecule has 31 heavy (non-hydrogen) atoms. The van der Waals surface area contributed by atoms with Crippen LogP contribution in [0.5, 0.6) is 0 Å². The van der Waals surface area contributed by atoms with E-state index in [1.165, 1.54) is 4.90 Å². The van der Waals surface area contributed by atoms with E-state index < -0.39 is 0 Å². The van der Waals surface area contributed by atoms with E-state index in [2.05, 4.69) is 20.2 Å². The second-order valence-corrected chi connectivity index (χ2v) is 7.08. The molecule has 0 aliphatic rings. The summed E-state index contributed by atoms with van der Waals surface area (Å²) in [7, 11) is 3.42. The summed E-state index contributed by atoms with van der Waals surface area (Å²) in [4.78, 5) is 22.4. The molecule has 0 aliphatic carbocycles. The third-order valence-corrected chi connectivity index (χ3v) is 4.70. The van der Waals surface area contributed by atoms with Crippen LogP contribution in [0.4, 0.5) is 5.82 Å². The van der Waals surface area contributed by atoms with E-state index in [0.29, 0.717) is 29.4 Å². The van der Waals surface area contributed by atoms with E-state index in [0.717, 1.165) is 16.7 Å². The van der Waals surface area contributed by atoms with Crippen LogP contribution < -0.4 is 11.5 Å². The molecule has 0 saturated heterocycles. The zero-order valence-corrected chi connectivity index (χ0v) is 17.1. The van der Waals surface area contributed by atoms with Gasteiger partial charge in [-0.15, -0.1) is 10.2 Å². The molecule has 0 radical (unpaired) electrons. The Hall–Kier alpha value is -4.11. The normalized spacial score (nSPS) is 10.8. The van der Waals surface area contributed by atoms with Crippen molar-refractivity contribution in [2.75, 3.05) is 19.8 Å². The molecular weight excluding hydrogens is 394 g/mol. The van der Waals surface area contributed by atoms with E-state index in [-0.39, 0.29) is 23.3 Å². The number of amides is 1. The second kappa shape index (κ2) is 8.33. The summed E-state index contributed by atoms with van der Waals surface area (Å²) in [6.07, 6.45) is 1.56.